The van der Waals surface area contributed by atoms with Crippen LogP contribution in [0.3, 0.4) is 0 Å². The van der Waals surface area contributed by atoms with Crippen LogP contribution < -0.4 is 4.90 Å². The van der Waals surface area contributed by atoms with E-state index in [1.54, 1.807) is 6.20 Å². The number of aromatic amines is 1. The van der Waals surface area contributed by atoms with Crippen molar-refractivity contribution in [3.8, 4) is 22.5 Å². The van der Waals surface area contributed by atoms with E-state index in [4.69, 9.17) is 0 Å². The van der Waals surface area contributed by atoms with Crippen LogP contribution in [0, 0.1) is 0 Å². The quantitative estimate of drug-likeness (QED) is 0.779. The van der Waals surface area contributed by atoms with Gasteiger partial charge >= 0.3 is 0 Å². The van der Waals surface area contributed by atoms with Crippen LogP contribution in [0.4, 0.5) is 5.69 Å². The lowest BCUT2D eigenvalue weighted by Crippen LogP contribution is -2.07. The van der Waals surface area contributed by atoms with Crippen LogP contribution in [0.15, 0.2) is 60.9 Å². The number of aromatic nitrogens is 2. The predicted molar refractivity (Wildman–Crippen MR) is 83.8 cm³/mol. The highest BCUT2D eigenvalue weighted by molar-refractivity contribution is 5.81. The Labute approximate surface area is 118 Å². The van der Waals surface area contributed by atoms with Crippen molar-refractivity contribution in [3.05, 3.63) is 60.9 Å². The van der Waals surface area contributed by atoms with Gasteiger partial charge in [-0.1, -0.05) is 36.4 Å². The Kier molecular flexibility index (Phi) is 3.25. The molecule has 0 aliphatic rings. The number of nitrogens with zero attached hydrogens (tertiary/aromatic N) is 2. The number of hydrogen-bond donors (Lipinski definition) is 1. The summed E-state index contributed by atoms with van der Waals surface area (Å²) in [5.41, 5.74) is 4.70. The number of benzene rings is 2. The van der Waals surface area contributed by atoms with E-state index in [1.165, 1.54) is 16.8 Å². The van der Waals surface area contributed by atoms with Gasteiger partial charge in [-0.05, 0) is 23.3 Å². The van der Waals surface area contributed by atoms with Crippen molar-refractivity contribution >= 4 is 5.69 Å². The molecule has 3 rings (SSSR count). The normalized spacial score (nSPS) is 10.5. The number of rotatable bonds is 3. The van der Waals surface area contributed by atoms with Gasteiger partial charge in [-0.2, -0.15) is 0 Å². The van der Waals surface area contributed by atoms with E-state index in [1.807, 2.05) is 26.4 Å². The summed E-state index contributed by atoms with van der Waals surface area (Å²) >= 11 is 0. The van der Waals surface area contributed by atoms with Gasteiger partial charge in [0.15, 0.2) is 0 Å². The van der Waals surface area contributed by atoms with Gasteiger partial charge in [0, 0.05) is 37.7 Å². The maximum Gasteiger partial charge on any atom is 0.137 e. The lowest BCUT2D eigenvalue weighted by Gasteiger charge is -2.13. The number of nitrogens with one attached hydrogen (secondary N) is 1. The second kappa shape index (κ2) is 5.21. The Morgan fingerprint density at radius 1 is 0.900 bits per heavy atom. The highest BCUT2D eigenvalue weighted by Gasteiger charge is 2.08. The van der Waals surface area contributed by atoms with Gasteiger partial charge in [0.05, 0.1) is 0 Å². The maximum absolute atomic E-state index is 4.35. The number of imidazole rings is 1. The first-order valence-electron chi connectivity index (χ1n) is 6.62. The van der Waals surface area contributed by atoms with E-state index in [0.717, 1.165) is 11.4 Å². The fraction of sp³-hybridized carbons (Fsp3) is 0.118. The lowest BCUT2D eigenvalue weighted by molar-refractivity contribution is 1.13. The summed E-state index contributed by atoms with van der Waals surface area (Å²) in [4.78, 5) is 9.63. The number of anilines is 1. The molecule has 0 aliphatic carbocycles. The summed E-state index contributed by atoms with van der Waals surface area (Å²) in [7, 11) is 4.09. The van der Waals surface area contributed by atoms with Gasteiger partial charge in [0.25, 0.3) is 0 Å². The first-order chi connectivity index (χ1) is 9.75. The maximum atomic E-state index is 4.35. The van der Waals surface area contributed by atoms with Gasteiger partial charge in [-0.3, -0.25) is 0 Å². The van der Waals surface area contributed by atoms with Crippen LogP contribution in [0.2, 0.25) is 0 Å². The molecule has 0 spiro atoms. The minimum Gasteiger partial charge on any atom is -0.378 e. The summed E-state index contributed by atoms with van der Waals surface area (Å²) in [5, 5.41) is 0. The highest BCUT2D eigenvalue weighted by atomic mass is 15.1. The number of H-pyrrole nitrogens is 1. The molecule has 0 saturated carbocycles. The molecule has 3 aromatic rings. The molecule has 1 heterocycles. The van der Waals surface area contributed by atoms with Crippen molar-refractivity contribution in [1.82, 2.24) is 9.97 Å². The molecule has 1 N–H and O–H groups in total. The van der Waals surface area contributed by atoms with Crippen molar-refractivity contribution in [1.29, 1.82) is 0 Å². The molecule has 100 valence electrons. The van der Waals surface area contributed by atoms with E-state index in [2.05, 4.69) is 57.3 Å². The average Bonchev–Trinajstić information content (AvgIpc) is 3.01. The Morgan fingerprint density at radius 2 is 1.60 bits per heavy atom. The first kappa shape index (κ1) is 12.5. The van der Waals surface area contributed by atoms with Crippen molar-refractivity contribution < 1.29 is 0 Å². The molecule has 3 heteroatoms. The van der Waals surface area contributed by atoms with Gasteiger partial charge in [-0.25, -0.2) is 4.98 Å². The SMILES string of the molecule is CN(C)c1ccc(-c2ccccc2-c2ncc[nH]2)cc1. The molecule has 0 amide bonds. The van der Waals surface area contributed by atoms with Crippen molar-refractivity contribution in [3.63, 3.8) is 0 Å². The standard InChI is InChI=1S/C17H17N3/c1-20(2)14-9-7-13(8-10-14)15-5-3-4-6-16(15)17-18-11-12-19-17/h3-12H,1-2H3,(H,18,19). The Morgan fingerprint density at radius 3 is 2.20 bits per heavy atom. The van der Waals surface area contributed by atoms with E-state index in [9.17, 15) is 0 Å². The summed E-state index contributed by atoms with van der Waals surface area (Å²) in [5.74, 6) is 0.900. The van der Waals surface area contributed by atoms with Crippen LogP contribution >= 0.6 is 0 Å². The third-order valence-corrected chi connectivity index (χ3v) is 3.38. The van der Waals surface area contributed by atoms with Crippen molar-refractivity contribution in [2.45, 2.75) is 0 Å². The molecule has 0 atom stereocenters. The fourth-order valence-electron chi connectivity index (χ4n) is 2.29. The average molecular weight is 263 g/mol. The number of hydrogen-bond acceptors (Lipinski definition) is 2. The smallest absolute Gasteiger partial charge is 0.137 e. The summed E-state index contributed by atoms with van der Waals surface area (Å²) in [6.45, 7) is 0. The second-order valence-corrected chi connectivity index (χ2v) is 4.92. The predicted octanol–water partition coefficient (Wildman–Crippen LogP) is 3.81. The van der Waals surface area contributed by atoms with E-state index >= 15 is 0 Å². The zero-order chi connectivity index (χ0) is 13.9. The largest absolute Gasteiger partial charge is 0.378 e. The first-order valence-corrected chi connectivity index (χ1v) is 6.62. The minimum atomic E-state index is 0.900. The molecule has 0 bridgehead atoms. The van der Waals surface area contributed by atoms with E-state index in [0.29, 0.717) is 0 Å². The molecule has 1 aromatic heterocycles. The van der Waals surface area contributed by atoms with Gasteiger partial charge < -0.3 is 9.88 Å². The van der Waals surface area contributed by atoms with Crippen LogP contribution in [-0.4, -0.2) is 24.1 Å². The third kappa shape index (κ3) is 2.30. The summed E-state index contributed by atoms with van der Waals surface area (Å²) < 4.78 is 0. The van der Waals surface area contributed by atoms with E-state index in [-0.39, 0.29) is 0 Å². The fourth-order valence-corrected chi connectivity index (χ4v) is 2.29. The van der Waals surface area contributed by atoms with Crippen LogP contribution in [0.25, 0.3) is 22.5 Å². The molecule has 0 radical (unpaired) electrons. The molecular weight excluding hydrogens is 246 g/mol. The zero-order valence-corrected chi connectivity index (χ0v) is 11.7. The minimum absolute atomic E-state index is 0.900. The molecule has 0 aliphatic heterocycles. The topological polar surface area (TPSA) is 31.9 Å². The van der Waals surface area contributed by atoms with E-state index < -0.39 is 0 Å². The molecule has 0 saturated heterocycles. The van der Waals surface area contributed by atoms with Crippen LogP contribution in [0.5, 0.6) is 0 Å². The molecule has 20 heavy (non-hydrogen) atoms. The van der Waals surface area contributed by atoms with Crippen molar-refractivity contribution in [2.24, 2.45) is 0 Å². The summed E-state index contributed by atoms with van der Waals surface area (Å²) in [6.07, 6.45) is 3.63. The van der Waals surface area contributed by atoms with Crippen LogP contribution in [-0.2, 0) is 0 Å². The molecule has 0 fully saturated rings. The monoisotopic (exact) mass is 263 g/mol. The zero-order valence-electron chi connectivity index (χ0n) is 11.7. The Bertz CT molecular complexity index is 683. The molecule has 0 unspecified atom stereocenters. The molecular formula is C17H17N3. The van der Waals surface area contributed by atoms with Gasteiger partial charge in [-0.15, -0.1) is 0 Å². The highest BCUT2D eigenvalue weighted by Crippen LogP contribution is 2.30. The van der Waals surface area contributed by atoms with Gasteiger partial charge in [0.1, 0.15) is 5.82 Å². The second-order valence-electron chi connectivity index (χ2n) is 4.92. The Balaban J connectivity index is 2.06. The van der Waals surface area contributed by atoms with Crippen molar-refractivity contribution in [2.75, 3.05) is 19.0 Å². The molecule has 3 nitrogen and oxygen atoms in total. The Hall–Kier alpha value is -2.55. The third-order valence-electron chi connectivity index (χ3n) is 3.38. The lowest BCUT2D eigenvalue weighted by atomic mass is 9.99. The van der Waals surface area contributed by atoms with Gasteiger partial charge in [0.2, 0.25) is 0 Å². The van der Waals surface area contributed by atoms with Crippen LogP contribution in [0.1, 0.15) is 0 Å². The summed E-state index contributed by atoms with van der Waals surface area (Å²) in [6, 6.07) is 16.9. The molecule has 2 aromatic carbocycles.